The average Bonchev–Trinajstić information content (AvgIpc) is 2.84. The molecule has 2 aromatic rings. The molecule has 0 bridgehead atoms. The molecule has 15 heavy (non-hydrogen) atoms. The first-order chi connectivity index (χ1) is 7.31. The summed E-state index contributed by atoms with van der Waals surface area (Å²) in [5, 5.41) is 12.6. The van der Waals surface area contributed by atoms with E-state index in [1.54, 1.807) is 11.3 Å². The van der Waals surface area contributed by atoms with Crippen LogP contribution in [0.2, 0.25) is 5.28 Å². The van der Waals surface area contributed by atoms with Crippen molar-refractivity contribution in [3.63, 3.8) is 0 Å². The number of hydrogen-bond acceptors (Lipinski definition) is 3. The highest BCUT2D eigenvalue weighted by Gasteiger charge is 2.07. The van der Waals surface area contributed by atoms with Crippen LogP contribution in [0.3, 0.4) is 0 Å². The normalized spacial score (nSPS) is 10.8. The fraction of sp³-hybridized carbons (Fsp3) is 0.400. The van der Waals surface area contributed by atoms with Gasteiger partial charge >= 0.3 is 0 Å². The smallest absolute Gasteiger partial charge is 0.225 e. The van der Waals surface area contributed by atoms with E-state index in [1.807, 2.05) is 4.57 Å². The van der Waals surface area contributed by atoms with Crippen molar-refractivity contribution in [2.45, 2.75) is 26.3 Å². The zero-order chi connectivity index (χ0) is 10.7. The van der Waals surface area contributed by atoms with Gasteiger partial charge in [0.05, 0.1) is 0 Å². The molecule has 0 amide bonds. The van der Waals surface area contributed by atoms with Crippen molar-refractivity contribution in [2.75, 3.05) is 0 Å². The summed E-state index contributed by atoms with van der Waals surface area (Å²) in [7, 11) is 0. The predicted molar refractivity (Wildman–Crippen MR) is 62.4 cm³/mol. The lowest BCUT2D eigenvalue weighted by atomic mass is 10.2. The molecule has 0 aliphatic rings. The number of halogens is 1. The third-order valence-corrected chi connectivity index (χ3v) is 3.31. The van der Waals surface area contributed by atoms with Crippen LogP contribution in [0.25, 0.3) is 0 Å². The number of hydrogen-bond donors (Lipinski definition) is 0. The van der Waals surface area contributed by atoms with Crippen LogP contribution in [0.1, 0.15) is 18.3 Å². The highest BCUT2D eigenvalue weighted by Crippen LogP contribution is 2.12. The van der Waals surface area contributed by atoms with Gasteiger partial charge in [0, 0.05) is 13.0 Å². The Morgan fingerprint density at radius 3 is 3.00 bits per heavy atom. The van der Waals surface area contributed by atoms with Crippen LogP contribution >= 0.6 is 22.9 Å². The third-order valence-electron chi connectivity index (χ3n) is 2.30. The molecule has 2 rings (SSSR count). The maximum Gasteiger partial charge on any atom is 0.225 e. The van der Waals surface area contributed by atoms with Gasteiger partial charge in [-0.3, -0.25) is 0 Å². The minimum atomic E-state index is 0.488. The van der Waals surface area contributed by atoms with Gasteiger partial charge in [-0.2, -0.15) is 11.3 Å². The van der Waals surface area contributed by atoms with Crippen LogP contribution in [0.5, 0.6) is 0 Å². The minimum absolute atomic E-state index is 0.488. The second-order valence-electron chi connectivity index (χ2n) is 3.27. The van der Waals surface area contributed by atoms with E-state index in [9.17, 15) is 0 Å². The summed E-state index contributed by atoms with van der Waals surface area (Å²) in [5.74, 6) is 0.954. The Bertz CT molecular complexity index is 422. The maximum absolute atomic E-state index is 5.96. The molecule has 0 unspecified atom stereocenters. The fourth-order valence-corrected chi connectivity index (χ4v) is 2.40. The van der Waals surface area contributed by atoms with E-state index in [4.69, 9.17) is 11.6 Å². The Kier molecular flexibility index (Phi) is 3.38. The first kappa shape index (κ1) is 10.6. The maximum atomic E-state index is 5.96. The van der Waals surface area contributed by atoms with E-state index >= 15 is 0 Å². The van der Waals surface area contributed by atoms with E-state index in [0.29, 0.717) is 5.28 Å². The molecular formula is C10H12ClN3S. The van der Waals surface area contributed by atoms with Crippen molar-refractivity contribution in [3.8, 4) is 0 Å². The summed E-state index contributed by atoms with van der Waals surface area (Å²) in [5.41, 5.74) is 1.34. The van der Waals surface area contributed by atoms with E-state index < -0.39 is 0 Å². The van der Waals surface area contributed by atoms with Crippen molar-refractivity contribution >= 4 is 22.9 Å². The van der Waals surface area contributed by atoms with Crippen LogP contribution in [-0.2, 0) is 19.4 Å². The fourth-order valence-electron chi connectivity index (χ4n) is 1.47. The van der Waals surface area contributed by atoms with Gasteiger partial charge in [0.25, 0.3) is 0 Å². The average molecular weight is 242 g/mol. The molecule has 0 spiro atoms. The molecule has 0 saturated heterocycles. The van der Waals surface area contributed by atoms with Gasteiger partial charge in [0.2, 0.25) is 5.28 Å². The SMILES string of the molecule is CCc1nnc(Cl)n1CCc1ccsc1. The topological polar surface area (TPSA) is 30.7 Å². The number of aryl methyl sites for hydroxylation is 2. The van der Waals surface area contributed by atoms with Gasteiger partial charge in [-0.15, -0.1) is 10.2 Å². The number of rotatable bonds is 4. The van der Waals surface area contributed by atoms with E-state index in [-0.39, 0.29) is 0 Å². The van der Waals surface area contributed by atoms with Crippen LogP contribution in [0.15, 0.2) is 16.8 Å². The molecule has 0 fully saturated rings. The molecule has 2 aromatic heterocycles. The van der Waals surface area contributed by atoms with Gasteiger partial charge in [-0.05, 0) is 40.4 Å². The summed E-state index contributed by atoms with van der Waals surface area (Å²) in [6, 6.07) is 2.13. The van der Waals surface area contributed by atoms with Gasteiger partial charge < -0.3 is 4.57 Å². The first-order valence-corrected chi connectivity index (χ1v) is 6.22. The number of thiophene rings is 1. The van der Waals surface area contributed by atoms with E-state index in [1.165, 1.54) is 5.56 Å². The Labute approximate surface area is 97.7 Å². The second-order valence-corrected chi connectivity index (χ2v) is 4.39. The summed E-state index contributed by atoms with van der Waals surface area (Å²) in [6.45, 7) is 2.91. The summed E-state index contributed by atoms with van der Waals surface area (Å²) < 4.78 is 1.97. The second kappa shape index (κ2) is 4.77. The lowest BCUT2D eigenvalue weighted by Crippen LogP contribution is -2.05. The highest BCUT2D eigenvalue weighted by atomic mass is 35.5. The molecule has 0 atom stereocenters. The Balaban J connectivity index is 2.07. The van der Waals surface area contributed by atoms with Crippen LogP contribution in [0, 0.1) is 0 Å². The van der Waals surface area contributed by atoms with Crippen molar-refractivity contribution in [2.24, 2.45) is 0 Å². The van der Waals surface area contributed by atoms with Crippen LogP contribution in [0.4, 0.5) is 0 Å². The van der Waals surface area contributed by atoms with Crippen molar-refractivity contribution in [1.82, 2.24) is 14.8 Å². The summed E-state index contributed by atoms with van der Waals surface area (Å²) in [6.07, 6.45) is 1.84. The molecule has 0 radical (unpaired) electrons. The predicted octanol–water partition coefficient (Wildman–Crippen LogP) is 2.80. The van der Waals surface area contributed by atoms with Gasteiger partial charge in [0.15, 0.2) is 0 Å². The van der Waals surface area contributed by atoms with Gasteiger partial charge in [-0.1, -0.05) is 6.92 Å². The first-order valence-electron chi connectivity index (χ1n) is 4.90. The molecule has 3 nitrogen and oxygen atoms in total. The molecule has 0 aliphatic carbocycles. The summed E-state index contributed by atoms with van der Waals surface area (Å²) in [4.78, 5) is 0. The van der Waals surface area contributed by atoms with Gasteiger partial charge in [-0.25, -0.2) is 0 Å². The van der Waals surface area contributed by atoms with E-state index in [0.717, 1.165) is 25.2 Å². The van der Waals surface area contributed by atoms with Crippen LogP contribution < -0.4 is 0 Å². The molecule has 0 aromatic carbocycles. The van der Waals surface area contributed by atoms with Crippen molar-refractivity contribution < 1.29 is 0 Å². The zero-order valence-corrected chi connectivity index (χ0v) is 10.1. The minimum Gasteiger partial charge on any atom is -0.301 e. The van der Waals surface area contributed by atoms with E-state index in [2.05, 4.69) is 33.9 Å². The Morgan fingerprint density at radius 2 is 2.33 bits per heavy atom. The standard InChI is InChI=1S/C10H12ClN3S/c1-2-9-12-13-10(11)14(9)5-3-8-4-6-15-7-8/h4,6-7H,2-3,5H2,1H3. The highest BCUT2D eigenvalue weighted by molar-refractivity contribution is 7.07. The zero-order valence-electron chi connectivity index (χ0n) is 8.48. The van der Waals surface area contributed by atoms with Crippen molar-refractivity contribution in [3.05, 3.63) is 33.5 Å². The lowest BCUT2D eigenvalue weighted by molar-refractivity contribution is 0.657. The molecule has 0 N–H and O–H groups in total. The number of aromatic nitrogens is 3. The molecule has 5 heteroatoms. The lowest BCUT2D eigenvalue weighted by Gasteiger charge is -2.04. The molecule has 2 heterocycles. The quantitative estimate of drug-likeness (QED) is 0.824. The van der Waals surface area contributed by atoms with Gasteiger partial charge in [0.1, 0.15) is 5.82 Å². The molecule has 80 valence electrons. The monoisotopic (exact) mass is 241 g/mol. The Morgan fingerprint density at radius 1 is 1.47 bits per heavy atom. The van der Waals surface area contributed by atoms with Crippen molar-refractivity contribution in [1.29, 1.82) is 0 Å². The van der Waals surface area contributed by atoms with Crippen LogP contribution in [-0.4, -0.2) is 14.8 Å². The molecule has 0 aliphatic heterocycles. The number of nitrogens with zero attached hydrogens (tertiary/aromatic N) is 3. The molecular weight excluding hydrogens is 230 g/mol. The largest absolute Gasteiger partial charge is 0.301 e. The Hall–Kier alpha value is -0.870. The summed E-state index contributed by atoms with van der Waals surface area (Å²) >= 11 is 7.67. The third kappa shape index (κ3) is 2.38. The molecule has 0 saturated carbocycles.